The van der Waals surface area contributed by atoms with Gasteiger partial charge in [-0.15, -0.1) is 0 Å². The zero-order chi connectivity index (χ0) is 13.0. The molecule has 0 bridgehead atoms. The van der Waals surface area contributed by atoms with Gasteiger partial charge in [-0.25, -0.2) is 4.79 Å². The molecule has 0 aliphatic heterocycles. The zero-order valence-corrected chi connectivity index (χ0v) is 9.47. The van der Waals surface area contributed by atoms with Crippen molar-refractivity contribution in [2.24, 2.45) is 0 Å². The average Bonchev–Trinajstić information content (AvgIpc) is 2.28. The van der Waals surface area contributed by atoms with Crippen molar-refractivity contribution in [3.63, 3.8) is 0 Å². The van der Waals surface area contributed by atoms with E-state index in [0.29, 0.717) is 17.0 Å². The van der Waals surface area contributed by atoms with E-state index in [1.807, 2.05) is 0 Å². The summed E-state index contributed by atoms with van der Waals surface area (Å²) in [5.74, 6) is -1.87. The van der Waals surface area contributed by atoms with Crippen LogP contribution < -0.4 is 5.32 Å². The van der Waals surface area contributed by atoms with Gasteiger partial charge in [-0.3, -0.25) is 4.79 Å². The Kier molecular flexibility index (Phi) is 4.11. The van der Waals surface area contributed by atoms with Gasteiger partial charge < -0.3 is 15.5 Å². The number of rotatable bonds is 4. The summed E-state index contributed by atoms with van der Waals surface area (Å²) < 4.78 is 0. The van der Waals surface area contributed by atoms with Gasteiger partial charge in [0.25, 0.3) is 5.91 Å². The van der Waals surface area contributed by atoms with Gasteiger partial charge in [-0.1, -0.05) is 0 Å². The molecule has 0 unspecified atom stereocenters. The molecule has 0 saturated carbocycles. The fraction of sp³-hybridized carbons (Fsp3) is 0.400. The molecule has 0 aliphatic carbocycles. The topological polar surface area (TPSA) is 112 Å². The Labute approximate surface area is 97.5 Å². The largest absolute Gasteiger partial charge is 0.479 e. The number of aliphatic carboxylic acids is 1. The van der Waals surface area contributed by atoms with Crippen LogP contribution in [0.5, 0.6) is 0 Å². The molecular formula is C10H13N3O4. The van der Waals surface area contributed by atoms with Gasteiger partial charge in [-0.2, -0.15) is 10.2 Å². The van der Waals surface area contributed by atoms with Crippen LogP contribution in [-0.2, 0) is 4.79 Å². The summed E-state index contributed by atoms with van der Waals surface area (Å²) in [7, 11) is 0. The number of hydrogen-bond donors (Lipinski definition) is 3. The second-order valence-electron chi connectivity index (χ2n) is 3.55. The molecule has 1 atom stereocenters. The molecule has 0 spiro atoms. The van der Waals surface area contributed by atoms with E-state index in [1.54, 1.807) is 19.9 Å². The molecule has 0 fully saturated rings. The Morgan fingerprint density at radius 2 is 2.06 bits per heavy atom. The van der Waals surface area contributed by atoms with Crippen LogP contribution >= 0.6 is 0 Å². The number of hydrogen-bond acceptors (Lipinski definition) is 5. The molecule has 0 aromatic carbocycles. The monoisotopic (exact) mass is 239 g/mol. The fourth-order valence-corrected chi connectivity index (χ4v) is 1.15. The molecule has 0 saturated heterocycles. The maximum absolute atomic E-state index is 11.7. The number of nitrogens with zero attached hydrogens (tertiary/aromatic N) is 2. The van der Waals surface area contributed by atoms with E-state index in [1.165, 1.54) is 0 Å². The van der Waals surface area contributed by atoms with Crippen molar-refractivity contribution in [2.45, 2.75) is 20.0 Å². The normalized spacial score (nSPS) is 11.9. The standard InChI is InChI=1S/C10H13N3O4/c1-5-3-7(6(2)13-12-5)9(15)11-4-8(14)10(16)17/h3,8,14H,4H2,1-2H3,(H,11,15)(H,16,17)/t8-/m0/s1. The van der Waals surface area contributed by atoms with E-state index < -0.39 is 18.0 Å². The molecule has 1 aromatic rings. The van der Waals surface area contributed by atoms with Crippen molar-refractivity contribution in [1.29, 1.82) is 0 Å². The molecule has 17 heavy (non-hydrogen) atoms. The number of carboxylic acids is 1. The molecule has 7 nitrogen and oxygen atoms in total. The number of amides is 1. The van der Waals surface area contributed by atoms with Gasteiger partial charge in [0.2, 0.25) is 0 Å². The Bertz CT molecular complexity index is 447. The number of aliphatic hydroxyl groups is 1. The SMILES string of the molecule is Cc1cc(C(=O)NC[C@H](O)C(=O)O)c(C)nn1. The molecule has 1 aromatic heterocycles. The minimum Gasteiger partial charge on any atom is -0.479 e. The van der Waals surface area contributed by atoms with Crippen LogP contribution in [0.1, 0.15) is 21.7 Å². The van der Waals surface area contributed by atoms with Crippen LogP contribution in [0.2, 0.25) is 0 Å². The molecule has 1 heterocycles. The first kappa shape index (κ1) is 13.0. The third kappa shape index (κ3) is 3.49. The number of carboxylic acid groups (broad SMARTS) is 1. The first-order valence-electron chi connectivity index (χ1n) is 4.92. The van der Waals surface area contributed by atoms with Crippen molar-refractivity contribution >= 4 is 11.9 Å². The Morgan fingerprint density at radius 1 is 1.41 bits per heavy atom. The van der Waals surface area contributed by atoms with Crippen LogP contribution in [0.15, 0.2) is 6.07 Å². The number of nitrogens with one attached hydrogen (secondary N) is 1. The lowest BCUT2D eigenvalue weighted by atomic mass is 10.2. The third-order valence-corrected chi connectivity index (χ3v) is 2.09. The lowest BCUT2D eigenvalue weighted by molar-refractivity contribution is -0.146. The maximum Gasteiger partial charge on any atom is 0.334 e. The summed E-state index contributed by atoms with van der Waals surface area (Å²) in [6.07, 6.45) is -1.62. The van der Waals surface area contributed by atoms with Crippen molar-refractivity contribution in [1.82, 2.24) is 15.5 Å². The van der Waals surface area contributed by atoms with Crippen LogP contribution in [0, 0.1) is 13.8 Å². The van der Waals surface area contributed by atoms with Crippen LogP contribution in [0.25, 0.3) is 0 Å². The molecule has 3 N–H and O–H groups in total. The lowest BCUT2D eigenvalue weighted by Crippen LogP contribution is -2.36. The highest BCUT2D eigenvalue weighted by molar-refractivity contribution is 5.95. The first-order chi connectivity index (χ1) is 7.91. The highest BCUT2D eigenvalue weighted by atomic mass is 16.4. The molecular weight excluding hydrogens is 226 g/mol. The Morgan fingerprint density at radius 3 is 2.65 bits per heavy atom. The van der Waals surface area contributed by atoms with E-state index >= 15 is 0 Å². The van der Waals surface area contributed by atoms with Crippen molar-refractivity contribution < 1.29 is 19.8 Å². The van der Waals surface area contributed by atoms with Gasteiger partial charge in [-0.05, 0) is 19.9 Å². The zero-order valence-electron chi connectivity index (χ0n) is 9.47. The first-order valence-corrected chi connectivity index (χ1v) is 4.92. The molecule has 92 valence electrons. The van der Waals surface area contributed by atoms with E-state index in [-0.39, 0.29) is 6.54 Å². The predicted molar refractivity (Wildman–Crippen MR) is 57.5 cm³/mol. The minimum atomic E-state index is -1.62. The fourth-order valence-electron chi connectivity index (χ4n) is 1.15. The summed E-state index contributed by atoms with van der Waals surface area (Å²) >= 11 is 0. The van der Waals surface area contributed by atoms with Gasteiger partial charge in [0.15, 0.2) is 6.10 Å². The van der Waals surface area contributed by atoms with Crippen LogP contribution in [0.3, 0.4) is 0 Å². The predicted octanol–water partition coefficient (Wildman–Crippen LogP) is -0.731. The second-order valence-corrected chi connectivity index (χ2v) is 3.55. The van der Waals surface area contributed by atoms with Crippen LogP contribution in [-0.4, -0.2) is 44.9 Å². The summed E-state index contributed by atoms with van der Waals surface area (Å²) in [4.78, 5) is 22.0. The van der Waals surface area contributed by atoms with E-state index in [2.05, 4.69) is 15.5 Å². The number of aliphatic hydroxyl groups excluding tert-OH is 1. The number of aryl methyl sites for hydroxylation is 2. The summed E-state index contributed by atoms with van der Waals surface area (Å²) in [6.45, 7) is 2.96. The molecule has 1 rings (SSSR count). The summed E-state index contributed by atoms with van der Waals surface area (Å²) in [5.41, 5.74) is 1.34. The molecule has 0 aliphatic rings. The molecule has 7 heteroatoms. The van der Waals surface area contributed by atoms with Crippen molar-refractivity contribution in [2.75, 3.05) is 6.54 Å². The third-order valence-electron chi connectivity index (χ3n) is 2.09. The highest BCUT2D eigenvalue weighted by Gasteiger charge is 2.16. The smallest absolute Gasteiger partial charge is 0.334 e. The van der Waals surface area contributed by atoms with Gasteiger partial charge in [0, 0.05) is 0 Å². The molecule has 0 radical (unpaired) electrons. The van der Waals surface area contributed by atoms with Crippen molar-refractivity contribution in [3.8, 4) is 0 Å². The quantitative estimate of drug-likeness (QED) is 0.638. The second kappa shape index (κ2) is 5.35. The average molecular weight is 239 g/mol. The van der Waals surface area contributed by atoms with Crippen LogP contribution in [0.4, 0.5) is 0 Å². The Balaban J connectivity index is 2.70. The van der Waals surface area contributed by atoms with Gasteiger partial charge in [0.1, 0.15) is 0 Å². The minimum absolute atomic E-state index is 0.315. The lowest BCUT2D eigenvalue weighted by Gasteiger charge is -2.09. The van der Waals surface area contributed by atoms with Gasteiger partial charge >= 0.3 is 5.97 Å². The maximum atomic E-state index is 11.7. The van der Waals surface area contributed by atoms with Gasteiger partial charge in [0.05, 0.1) is 23.5 Å². The number of carbonyl (C=O) groups excluding carboxylic acids is 1. The highest BCUT2D eigenvalue weighted by Crippen LogP contribution is 2.04. The Hall–Kier alpha value is -2.02. The van der Waals surface area contributed by atoms with Crippen molar-refractivity contribution in [3.05, 3.63) is 23.0 Å². The summed E-state index contributed by atoms with van der Waals surface area (Å²) in [5, 5.41) is 27.3. The van der Waals surface area contributed by atoms with E-state index in [4.69, 9.17) is 10.2 Å². The summed E-state index contributed by atoms with van der Waals surface area (Å²) in [6, 6.07) is 1.55. The molecule has 1 amide bonds. The number of carbonyl (C=O) groups is 2. The van der Waals surface area contributed by atoms with E-state index in [0.717, 1.165) is 0 Å². The number of aromatic nitrogens is 2. The van der Waals surface area contributed by atoms with E-state index in [9.17, 15) is 9.59 Å².